The van der Waals surface area contributed by atoms with E-state index in [2.05, 4.69) is 0 Å². The van der Waals surface area contributed by atoms with Crippen molar-refractivity contribution in [2.75, 3.05) is 13.2 Å². The fourth-order valence-corrected chi connectivity index (χ4v) is 1.84. The van der Waals surface area contributed by atoms with Crippen LogP contribution in [0.25, 0.3) is 0 Å². The van der Waals surface area contributed by atoms with Crippen LogP contribution >= 0.6 is 0 Å². The standard InChI is InChI=1S/C16H23NO3/c1-5-20-15(19)12-17(16(3,4)13(2)18)11-14-9-7-6-8-10-14/h6-10H,5,11-12H2,1-4H3. The van der Waals surface area contributed by atoms with Gasteiger partial charge in [0.15, 0.2) is 0 Å². The minimum absolute atomic E-state index is 0.0257. The molecule has 0 heterocycles. The second-order valence-corrected chi connectivity index (χ2v) is 5.26. The lowest BCUT2D eigenvalue weighted by atomic mass is 9.96. The van der Waals surface area contributed by atoms with Crippen LogP contribution in [0.1, 0.15) is 33.3 Å². The fourth-order valence-electron chi connectivity index (χ4n) is 1.84. The summed E-state index contributed by atoms with van der Waals surface area (Å²) in [6.45, 7) is 7.97. The van der Waals surface area contributed by atoms with Crippen molar-refractivity contribution in [3.8, 4) is 0 Å². The summed E-state index contributed by atoms with van der Waals surface area (Å²) in [7, 11) is 0. The van der Waals surface area contributed by atoms with Crippen LogP contribution in [0, 0.1) is 0 Å². The number of nitrogens with zero attached hydrogens (tertiary/aromatic N) is 1. The first kappa shape index (κ1) is 16.4. The van der Waals surface area contributed by atoms with Gasteiger partial charge >= 0.3 is 5.97 Å². The highest BCUT2D eigenvalue weighted by atomic mass is 16.5. The van der Waals surface area contributed by atoms with Crippen LogP contribution in [0.3, 0.4) is 0 Å². The topological polar surface area (TPSA) is 46.6 Å². The first-order chi connectivity index (χ1) is 9.37. The Hall–Kier alpha value is -1.68. The van der Waals surface area contributed by atoms with Gasteiger partial charge in [-0.2, -0.15) is 0 Å². The zero-order valence-electron chi connectivity index (χ0n) is 12.7. The lowest BCUT2D eigenvalue weighted by Crippen LogP contribution is -2.50. The zero-order valence-corrected chi connectivity index (χ0v) is 12.7. The third-order valence-corrected chi connectivity index (χ3v) is 3.49. The Labute approximate surface area is 120 Å². The van der Waals surface area contributed by atoms with E-state index in [0.717, 1.165) is 5.56 Å². The highest BCUT2D eigenvalue weighted by molar-refractivity contribution is 5.86. The van der Waals surface area contributed by atoms with E-state index in [4.69, 9.17) is 4.74 Å². The quantitative estimate of drug-likeness (QED) is 0.718. The molecule has 0 fully saturated rings. The molecule has 1 rings (SSSR count). The molecule has 0 N–H and O–H groups in total. The van der Waals surface area contributed by atoms with Gasteiger partial charge in [0.1, 0.15) is 5.78 Å². The van der Waals surface area contributed by atoms with Gasteiger partial charge in [-0.1, -0.05) is 30.3 Å². The lowest BCUT2D eigenvalue weighted by molar-refractivity contribution is -0.147. The van der Waals surface area contributed by atoms with Gasteiger partial charge in [0.2, 0.25) is 0 Å². The molecule has 4 nitrogen and oxygen atoms in total. The van der Waals surface area contributed by atoms with Crippen molar-refractivity contribution in [2.24, 2.45) is 0 Å². The minimum atomic E-state index is -0.706. The maximum absolute atomic E-state index is 11.8. The molecule has 0 saturated carbocycles. The first-order valence-corrected chi connectivity index (χ1v) is 6.83. The summed E-state index contributed by atoms with van der Waals surface area (Å²) >= 11 is 0. The molecule has 0 saturated heterocycles. The molecule has 0 aliphatic heterocycles. The van der Waals surface area contributed by atoms with E-state index in [0.29, 0.717) is 13.2 Å². The molecule has 1 aromatic rings. The SMILES string of the molecule is CCOC(=O)CN(Cc1ccccc1)C(C)(C)C(C)=O. The van der Waals surface area contributed by atoms with Gasteiger partial charge in [-0.15, -0.1) is 0 Å². The second-order valence-electron chi connectivity index (χ2n) is 5.26. The lowest BCUT2D eigenvalue weighted by Gasteiger charge is -2.35. The molecular weight excluding hydrogens is 254 g/mol. The van der Waals surface area contributed by atoms with Crippen molar-refractivity contribution >= 4 is 11.8 Å². The molecule has 1 aromatic carbocycles. The number of Topliss-reactive ketones (excluding diaryl/α,β-unsaturated/α-hetero) is 1. The molecule has 0 radical (unpaired) electrons. The molecule has 4 heteroatoms. The number of ether oxygens (including phenoxy) is 1. The monoisotopic (exact) mass is 277 g/mol. The highest BCUT2D eigenvalue weighted by Gasteiger charge is 2.33. The summed E-state index contributed by atoms with van der Waals surface area (Å²) in [6, 6.07) is 9.79. The van der Waals surface area contributed by atoms with E-state index in [1.807, 2.05) is 49.1 Å². The van der Waals surface area contributed by atoms with Gasteiger partial charge in [-0.05, 0) is 33.3 Å². The van der Waals surface area contributed by atoms with Crippen molar-refractivity contribution in [1.82, 2.24) is 4.90 Å². The van der Waals surface area contributed by atoms with Crippen molar-refractivity contribution in [2.45, 2.75) is 39.8 Å². The maximum Gasteiger partial charge on any atom is 0.320 e. The van der Waals surface area contributed by atoms with Crippen LogP contribution in [-0.2, 0) is 20.9 Å². The summed E-state index contributed by atoms with van der Waals surface area (Å²) in [5.41, 5.74) is 0.355. The Bertz CT molecular complexity index is 454. The Morgan fingerprint density at radius 1 is 1.20 bits per heavy atom. The molecular formula is C16H23NO3. The van der Waals surface area contributed by atoms with E-state index < -0.39 is 5.54 Å². The van der Waals surface area contributed by atoms with Crippen molar-refractivity contribution in [3.63, 3.8) is 0 Å². The smallest absolute Gasteiger partial charge is 0.320 e. The zero-order chi connectivity index (χ0) is 15.2. The number of esters is 1. The first-order valence-electron chi connectivity index (χ1n) is 6.83. The van der Waals surface area contributed by atoms with Gasteiger partial charge in [-0.25, -0.2) is 0 Å². The van der Waals surface area contributed by atoms with Gasteiger partial charge < -0.3 is 4.74 Å². The van der Waals surface area contributed by atoms with E-state index >= 15 is 0 Å². The average Bonchev–Trinajstić information content (AvgIpc) is 2.39. The molecule has 0 aliphatic carbocycles. The van der Waals surface area contributed by atoms with Crippen LogP contribution in [0.15, 0.2) is 30.3 Å². The molecule has 0 spiro atoms. The normalized spacial score (nSPS) is 11.4. The maximum atomic E-state index is 11.8. The molecule has 0 aliphatic rings. The summed E-state index contributed by atoms with van der Waals surface area (Å²) in [5, 5.41) is 0. The largest absolute Gasteiger partial charge is 0.465 e. The number of benzene rings is 1. The molecule has 0 amide bonds. The summed E-state index contributed by atoms with van der Waals surface area (Å²) in [6.07, 6.45) is 0. The number of rotatable bonds is 7. The molecule has 0 aromatic heterocycles. The predicted molar refractivity (Wildman–Crippen MR) is 78.2 cm³/mol. The average molecular weight is 277 g/mol. The predicted octanol–water partition coefficient (Wildman–Crippen LogP) is 2.42. The Balaban J connectivity index is 2.90. The van der Waals surface area contributed by atoms with Crippen LogP contribution in [-0.4, -0.2) is 35.3 Å². The number of carbonyl (C=O) groups is 2. The fraction of sp³-hybridized carbons (Fsp3) is 0.500. The molecule has 110 valence electrons. The van der Waals surface area contributed by atoms with Crippen LogP contribution < -0.4 is 0 Å². The van der Waals surface area contributed by atoms with E-state index in [1.165, 1.54) is 0 Å². The summed E-state index contributed by atoms with van der Waals surface area (Å²) < 4.78 is 4.99. The Kier molecular flexibility index (Phi) is 5.89. The number of carbonyl (C=O) groups excluding carboxylic acids is 2. The van der Waals surface area contributed by atoms with E-state index in [-0.39, 0.29) is 18.3 Å². The molecule has 0 unspecified atom stereocenters. The molecule has 20 heavy (non-hydrogen) atoms. The number of ketones is 1. The van der Waals surface area contributed by atoms with Crippen molar-refractivity contribution in [1.29, 1.82) is 0 Å². The van der Waals surface area contributed by atoms with Gasteiger partial charge in [-0.3, -0.25) is 14.5 Å². The van der Waals surface area contributed by atoms with Gasteiger partial charge in [0.25, 0.3) is 0 Å². The third kappa shape index (κ3) is 4.46. The minimum Gasteiger partial charge on any atom is -0.465 e. The van der Waals surface area contributed by atoms with E-state index in [9.17, 15) is 9.59 Å². The van der Waals surface area contributed by atoms with Gasteiger partial charge in [0, 0.05) is 6.54 Å². The van der Waals surface area contributed by atoms with Crippen molar-refractivity contribution < 1.29 is 14.3 Å². The molecule has 0 atom stereocenters. The second kappa shape index (κ2) is 7.20. The number of hydrogen-bond donors (Lipinski definition) is 0. The molecule has 0 bridgehead atoms. The van der Waals surface area contributed by atoms with E-state index in [1.54, 1.807) is 13.8 Å². The van der Waals surface area contributed by atoms with Crippen LogP contribution in [0.5, 0.6) is 0 Å². The highest BCUT2D eigenvalue weighted by Crippen LogP contribution is 2.19. The summed E-state index contributed by atoms with van der Waals surface area (Å²) in [4.78, 5) is 25.4. The van der Waals surface area contributed by atoms with Crippen LogP contribution in [0.2, 0.25) is 0 Å². The Morgan fingerprint density at radius 2 is 1.80 bits per heavy atom. The number of hydrogen-bond acceptors (Lipinski definition) is 4. The third-order valence-electron chi connectivity index (χ3n) is 3.49. The van der Waals surface area contributed by atoms with Crippen molar-refractivity contribution in [3.05, 3.63) is 35.9 Å². The van der Waals surface area contributed by atoms with Gasteiger partial charge in [0.05, 0.1) is 18.7 Å². The Morgan fingerprint density at radius 3 is 2.30 bits per heavy atom. The van der Waals surface area contributed by atoms with Crippen LogP contribution in [0.4, 0.5) is 0 Å². The summed E-state index contributed by atoms with van der Waals surface area (Å²) in [5.74, 6) is -0.282.